The van der Waals surface area contributed by atoms with Gasteiger partial charge in [-0.05, 0) is 90.3 Å². The minimum Gasteiger partial charge on any atom is -0.460 e. The Bertz CT molecular complexity index is 1130. The van der Waals surface area contributed by atoms with Crippen molar-refractivity contribution in [3.8, 4) is 11.1 Å². The van der Waals surface area contributed by atoms with Crippen molar-refractivity contribution in [3.05, 3.63) is 54.1 Å². The van der Waals surface area contributed by atoms with Crippen molar-refractivity contribution in [2.45, 2.75) is 84.6 Å². The summed E-state index contributed by atoms with van der Waals surface area (Å²) in [5, 5.41) is 5.24. The average molecular weight is 526 g/mol. The Balaban J connectivity index is 2.03. The minimum atomic E-state index is -1.09. The summed E-state index contributed by atoms with van der Waals surface area (Å²) in [6.07, 6.45) is -0.106. The fourth-order valence-corrected chi connectivity index (χ4v) is 3.41. The molecule has 2 aromatic rings. The van der Waals surface area contributed by atoms with E-state index >= 15 is 0 Å². The molecule has 9 nitrogen and oxygen atoms in total. The molecule has 0 saturated carbocycles. The SMILES string of the molecule is C[C@H](NC(=O)c1ccc(-c2ccc(N)cc2)cc1)C(=O)N[C@@H](CCC(=O)OC(C)(C)C)C(=O)OC(C)(C)C. The number of hydrogen-bond donors (Lipinski definition) is 3. The van der Waals surface area contributed by atoms with Crippen LogP contribution in [0.3, 0.4) is 0 Å². The summed E-state index contributed by atoms with van der Waals surface area (Å²) in [5.41, 5.74) is 7.18. The molecule has 0 saturated heterocycles. The zero-order valence-corrected chi connectivity index (χ0v) is 23.2. The molecule has 9 heteroatoms. The molecule has 0 spiro atoms. The van der Waals surface area contributed by atoms with Gasteiger partial charge in [-0.25, -0.2) is 4.79 Å². The van der Waals surface area contributed by atoms with Gasteiger partial charge in [0.2, 0.25) is 5.91 Å². The van der Waals surface area contributed by atoms with Crippen LogP contribution < -0.4 is 16.4 Å². The molecule has 0 heterocycles. The number of esters is 2. The van der Waals surface area contributed by atoms with Crippen molar-refractivity contribution in [2.75, 3.05) is 5.73 Å². The molecule has 2 atom stereocenters. The van der Waals surface area contributed by atoms with Gasteiger partial charge in [0, 0.05) is 17.7 Å². The number of benzene rings is 2. The van der Waals surface area contributed by atoms with Crippen LogP contribution in [-0.4, -0.2) is 47.0 Å². The number of anilines is 1. The van der Waals surface area contributed by atoms with Crippen molar-refractivity contribution < 1.29 is 28.7 Å². The summed E-state index contributed by atoms with van der Waals surface area (Å²) in [4.78, 5) is 50.5. The first-order valence-corrected chi connectivity index (χ1v) is 12.6. The van der Waals surface area contributed by atoms with Crippen LogP contribution in [0, 0.1) is 0 Å². The first-order chi connectivity index (χ1) is 17.5. The second-order valence-electron chi connectivity index (χ2n) is 11.1. The molecule has 2 rings (SSSR count). The normalized spacial score (nSPS) is 13.1. The molecular weight excluding hydrogens is 486 g/mol. The van der Waals surface area contributed by atoms with Crippen LogP contribution in [0.25, 0.3) is 11.1 Å². The molecule has 206 valence electrons. The summed E-state index contributed by atoms with van der Waals surface area (Å²) < 4.78 is 10.7. The van der Waals surface area contributed by atoms with Crippen molar-refractivity contribution in [2.24, 2.45) is 0 Å². The maximum absolute atomic E-state index is 12.9. The van der Waals surface area contributed by atoms with Crippen LogP contribution in [0.15, 0.2) is 48.5 Å². The zero-order valence-electron chi connectivity index (χ0n) is 23.2. The van der Waals surface area contributed by atoms with E-state index < -0.39 is 47.0 Å². The van der Waals surface area contributed by atoms with Crippen molar-refractivity contribution in [1.29, 1.82) is 0 Å². The maximum Gasteiger partial charge on any atom is 0.329 e. The van der Waals surface area contributed by atoms with Gasteiger partial charge in [0.15, 0.2) is 0 Å². The van der Waals surface area contributed by atoms with E-state index in [1.165, 1.54) is 6.92 Å². The minimum absolute atomic E-state index is 0.0111. The van der Waals surface area contributed by atoms with Gasteiger partial charge in [-0.1, -0.05) is 24.3 Å². The first kappa shape index (κ1) is 30.3. The number of carbonyl (C=O) groups excluding carboxylic acids is 4. The Morgan fingerprint density at radius 2 is 1.29 bits per heavy atom. The van der Waals surface area contributed by atoms with E-state index in [0.717, 1.165) is 11.1 Å². The lowest BCUT2D eigenvalue weighted by molar-refractivity contribution is -0.160. The fourth-order valence-electron chi connectivity index (χ4n) is 3.41. The lowest BCUT2D eigenvalue weighted by atomic mass is 10.0. The Kier molecular flexibility index (Phi) is 10.0. The maximum atomic E-state index is 12.9. The molecular formula is C29H39N3O6. The van der Waals surface area contributed by atoms with Crippen molar-refractivity contribution >= 4 is 29.4 Å². The molecule has 0 fully saturated rings. The highest BCUT2D eigenvalue weighted by molar-refractivity contribution is 5.98. The van der Waals surface area contributed by atoms with Gasteiger partial charge in [0.25, 0.3) is 5.91 Å². The summed E-state index contributed by atoms with van der Waals surface area (Å²) >= 11 is 0. The lowest BCUT2D eigenvalue weighted by Gasteiger charge is -2.26. The highest BCUT2D eigenvalue weighted by Gasteiger charge is 2.30. The van der Waals surface area contributed by atoms with Crippen LogP contribution in [-0.2, 0) is 23.9 Å². The van der Waals surface area contributed by atoms with Crippen LogP contribution >= 0.6 is 0 Å². The van der Waals surface area contributed by atoms with Gasteiger partial charge in [-0.15, -0.1) is 0 Å². The molecule has 0 aliphatic rings. The first-order valence-electron chi connectivity index (χ1n) is 12.6. The number of amides is 2. The van der Waals surface area contributed by atoms with E-state index in [2.05, 4.69) is 10.6 Å². The van der Waals surface area contributed by atoms with Gasteiger partial charge in [-0.3, -0.25) is 14.4 Å². The average Bonchev–Trinajstić information content (AvgIpc) is 2.79. The van der Waals surface area contributed by atoms with E-state index in [4.69, 9.17) is 15.2 Å². The molecule has 0 radical (unpaired) electrons. The molecule has 2 aromatic carbocycles. The van der Waals surface area contributed by atoms with Gasteiger partial charge in [0.1, 0.15) is 23.3 Å². The third kappa shape index (κ3) is 10.2. The molecule has 4 N–H and O–H groups in total. The van der Waals surface area contributed by atoms with Crippen molar-refractivity contribution in [3.63, 3.8) is 0 Å². The topological polar surface area (TPSA) is 137 Å². The van der Waals surface area contributed by atoms with Crippen LogP contribution in [0.5, 0.6) is 0 Å². The predicted octanol–water partition coefficient (Wildman–Crippen LogP) is 4.00. The van der Waals surface area contributed by atoms with Gasteiger partial charge in [-0.2, -0.15) is 0 Å². The van der Waals surface area contributed by atoms with E-state index in [1.54, 1.807) is 77.9 Å². The van der Waals surface area contributed by atoms with E-state index in [-0.39, 0.29) is 12.8 Å². The van der Waals surface area contributed by atoms with E-state index in [1.807, 2.05) is 12.1 Å². The summed E-state index contributed by atoms with van der Waals surface area (Å²) in [6.45, 7) is 11.9. The van der Waals surface area contributed by atoms with Crippen LogP contribution in [0.1, 0.15) is 71.7 Å². The summed E-state index contributed by atoms with van der Waals surface area (Å²) in [6, 6.07) is 12.3. The van der Waals surface area contributed by atoms with Crippen LogP contribution in [0.2, 0.25) is 0 Å². The van der Waals surface area contributed by atoms with Crippen LogP contribution in [0.4, 0.5) is 5.69 Å². The number of nitrogens with one attached hydrogen (secondary N) is 2. The van der Waals surface area contributed by atoms with Gasteiger partial charge < -0.3 is 25.8 Å². The molecule has 0 bridgehead atoms. The zero-order chi connectivity index (χ0) is 28.7. The summed E-state index contributed by atoms with van der Waals surface area (Å²) in [7, 11) is 0. The second kappa shape index (κ2) is 12.6. The molecule has 0 aromatic heterocycles. The smallest absolute Gasteiger partial charge is 0.329 e. The Morgan fingerprint density at radius 3 is 1.79 bits per heavy atom. The third-order valence-corrected chi connectivity index (χ3v) is 5.20. The number of carbonyl (C=O) groups is 4. The van der Waals surface area contributed by atoms with E-state index in [0.29, 0.717) is 11.3 Å². The highest BCUT2D eigenvalue weighted by Crippen LogP contribution is 2.21. The Morgan fingerprint density at radius 1 is 0.789 bits per heavy atom. The summed E-state index contributed by atoms with van der Waals surface area (Å²) in [5.74, 6) is -2.20. The Labute approximate surface area is 224 Å². The van der Waals surface area contributed by atoms with Gasteiger partial charge in [0.05, 0.1) is 0 Å². The fraction of sp³-hybridized carbons (Fsp3) is 0.448. The molecule has 0 unspecified atom stereocenters. The number of rotatable bonds is 9. The highest BCUT2D eigenvalue weighted by atomic mass is 16.6. The largest absolute Gasteiger partial charge is 0.460 e. The lowest BCUT2D eigenvalue weighted by Crippen LogP contribution is -2.51. The molecule has 2 amide bonds. The standard InChI is InChI=1S/C29H39N3O6/c1-18(31-26(35)21-10-8-19(9-11-21)20-12-14-22(30)15-13-20)25(34)32-23(27(36)38-29(5,6)7)16-17-24(33)37-28(2,3)4/h8-15,18,23H,16-17,30H2,1-7H3,(H,31,35)(H,32,34)/t18-,23-/m0/s1. The quantitative estimate of drug-likeness (QED) is 0.332. The number of nitrogens with two attached hydrogens (primary N) is 1. The third-order valence-electron chi connectivity index (χ3n) is 5.20. The van der Waals surface area contributed by atoms with Gasteiger partial charge >= 0.3 is 11.9 Å². The molecule has 0 aliphatic heterocycles. The number of nitrogen functional groups attached to an aromatic ring is 1. The predicted molar refractivity (Wildman–Crippen MR) is 146 cm³/mol. The molecule has 0 aliphatic carbocycles. The number of ether oxygens (including phenoxy) is 2. The monoisotopic (exact) mass is 525 g/mol. The number of hydrogen-bond acceptors (Lipinski definition) is 7. The van der Waals surface area contributed by atoms with E-state index in [9.17, 15) is 19.2 Å². The molecule has 38 heavy (non-hydrogen) atoms. The second-order valence-corrected chi connectivity index (χ2v) is 11.1. The Hall–Kier alpha value is -3.88. The van der Waals surface area contributed by atoms with Crippen molar-refractivity contribution in [1.82, 2.24) is 10.6 Å².